The Balaban J connectivity index is 1.49. The third kappa shape index (κ3) is 4.46. The number of nitrogens with zero attached hydrogens (tertiary/aromatic N) is 3. The molecule has 38 heavy (non-hydrogen) atoms. The van der Waals surface area contributed by atoms with Crippen LogP contribution in [0.25, 0.3) is 0 Å². The molecule has 4 heterocycles. The number of Topliss-reactive ketones (excluding diaryl/α,β-unsaturated/α-hetero) is 1. The molecule has 7 nitrogen and oxygen atoms in total. The van der Waals surface area contributed by atoms with Crippen molar-refractivity contribution in [3.63, 3.8) is 0 Å². The number of halogens is 4. The molecule has 0 unspecified atom stereocenters. The summed E-state index contributed by atoms with van der Waals surface area (Å²) in [4.78, 5) is 32.8. The summed E-state index contributed by atoms with van der Waals surface area (Å²) in [5, 5.41) is 0. The molecule has 0 N–H and O–H groups in total. The van der Waals surface area contributed by atoms with Gasteiger partial charge in [-0.3, -0.25) is 14.5 Å². The fraction of sp³-hybridized carbons (Fsp3) is 0.500. The van der Waals surface area contributed by atoms with Gasteiger partial charge in [-0.15, -0.1) is 0 Å². The zero-order valence-corrected chi connectivity index (χ0v) is 22.0. The van der Waals surface area contributed by atoms with Crippen LogP contribution in [0.3, 0.4) is 0 Å². The fourth-order valence-electron chi connectivity index (χ4n) is 5.33. The smallest absolute Gasteiger partial charge is 0.282 e. The van der Waals surface area contributed by atoms with E-state index in [2.05, 4.69) is 4.98 Å². The molecular weight excluding hydrogens is 526 g/mol. The maximum Gasteiger partial charge on any atom is 0.282 e. The predicted molar refractivity (Wildman–Crippen MR) is 133 cm³/mol. The summed E-state index contributed by atoms with van der Waals surface area (Å²) in [5.41, 5.74) is -1.96. The quantitative estimate of drug-likeness (QED) is 0.399. The number of sulfone groups is 1. The van der Waals surface area contributed by atoms with Gasteiger partial charge in [0.05, 0.1) is 53.1 Å². The van der Waals surface area contributed by atoms with E-state index in [9.17, 15) is 31.2 Å². The molecule has 1 amide bonds. The zero-order chi connectivity index (χ0) is 27.8. The van der Waals surface area contributed by atoms with Gasteiger partial charge in [0.25, 0.3) is 5.92 Å². The van der Waals surface area contributed by atoms with E-state index >= 15 is 4.39 Å². The number of rotatable bonds is 5. The maximum atomic E-state index is 15.4. The average molecular weight is 554 g/mol. The molecule has 0 spiro atoms. The Morgan fingerprint density at radius 2 is 1.63 bits per heavy atom. The summed E-state index contributed by atoms with van der Waals surface area (Å²) in [6, 6.07) is 3.51. The van der Waals surface area contributed by atoms with Crippen LogP contribution in [0.4, 0.5) is 34.8 Å². The van der Waals surface area contributed by atoms with E-state index in [4.69, 9.17) is 0 Å². The van der Waals surface area contributed by atoms with Gasteiger partial charge in [-0.25, -0.2) is 31.0 Å². The minimum Gasteiger partial charge on any atom is -0.344 e. The molecule has 2 fully saturated rings. The average Bonchev–Trinajstić information content (AvgIpc) is 2.99. The van der Waals surface area contributed by atoms with Gasteiger partial charge in [-0.05, 0) is 49.8 Å². The van der Waals surface area contributed by atoms with Crippen LogP contribution in [0.2, 0.25) is 0 Å². The van der Waals surface area contributed by atoms with E-state index in [1.807, 2.05) is 0 Å². The number of fused-ring (bicyclic) bond motifs is 1. The summed E-state index contributed by atoms with van der Waals surface area (Å²) < 4.78 is 80.6. The van der Waals surface area contributed by atoms with Crippen molar-refractivity contribution >= 4 is 38.7 Å². The van der Waals surface area contributed by atoms with Crippen molar-refractivity contribution in [3.05, 3.63) is 47.2 Å². The van der Waals surface area contributed by atoms with Gasteiger partial charge in [0.15, 0.2) is 11.6 Å². The van der Waals surface area contributed by atoms with Gasteiger partial charge in [0, 0.05) is 12.5 Å². The topological polar surface area (TPSA) is 87.7 Å². The van der Waals surface area contributed by atoms with Crippen LogP contribution in [0, 0.1) is 17.0 Å². The van der Waals surface area contributed by atoms with Crippen LogP contribution in [0.1, 0.15) is 56.0 Å². The van der Waals surface area contributed by atoms with E-state index in [0.717, 1.165) is 17.2 Å². The molecule has 2 saturated heterocycles. The van der Waals surface area contributed by atoms with Crippen LogP contribution in [-0.4, -0.2) is 55.6 Å². The number of pyridine rings is 1. The Labute approximate surface area is 217 Å². The second kappa shape index (κ2) is 8.49. The van der Waals surface area contributed by atoms with Gasteiger partial charge in [0.2, 0.25) is 5.91 Å². The van der Waals surface area contributed by atoms with Crippen molar-refractivity contribution in [2.75, 3.05) is 34.4 Å². The first-order chi connectivity index (χ1) is 17.5. The molecule has 0 bridgehead atoms. The highest BCUT2D eigenvalue weighted by Crippen LogP contribution is 2.48. The molecule has 0 saturated carbocycles. The number of aromatic nitrogens is 1. The number of hydrogen-bond donors (Lipinski definition) is 0. The molecule has 3 aliphatic rings. The second-order valence-corrected chi connectivity index (χ2v) is 13.7. The summed E-state index contributed by atoms with van der Waals surface area (Å²) in [6.45, 7) is 3.77. The van der Waals surface area contributed by atoms with Crippen molar-refractivity contribution in [1.29, 1.82) is 0 Å². The molecule has 0 atom stereocenters. The standard InChI is InChI=1S/C26H27F4N3O4S/c1-24(2)16-8-15(21(34)11-25(3)4-6-38(36,37)7-5-25)17(27)9-19(16)33(23(24)35)20-10-22(31-12-18(20)28)32-13-26(29,30)14-32/h8-10,12H,4-7,11,13-14H2,1-3H3. The lowest BCUT2D eigenvalue weighted by Crippen LogP contribution is -2.56. The molecule has 12 heteroatoms. The largest absolute Gasteiger partial charge is 0.344 e. The van der Waals surface area contributed by atoms with Crippen molar-refractivity contribution in [3.8, 4) is 0 Å². The van der Waals surface area contributed by atoms with Gasteiger partial charge in [0.1, 0.15) is 21.5 Å². The Hall–Kier alpha value is -3.02. The van der Waals surface area contributed by atoms with Crippen molar-refractivity contribution in [2.45, 2.75) is 51.4 Å². The second-order valence-electron chi connectivity index (χ2n) is 11.4. The normalized spacial score (nSPS) is 22.7. The summed E-state index contributed by atoms with van der Waals surface area (Å²) in [5.74, 6) is -5.77. The summed E-state index contributed by atoms with van der Waals surface area (Å²) in [6.07, 6.45) is 1.35. The molecule has 0 radical (unpaired) electrons. The van der Waals surface area contributed by atoms with E-state index < -0.39 is 63.0 Å². The minimum atomic E-state index is -3.14. The molecule has 1 aromatic carbocycles. The number of amides is 1. The molecular formula is C26H27F4N3O4S. The zero-order valence-electron chi connectivity index (χ0n) is 21.2. The third-order valence-corrected chi connectivity index (χ3v) is 9.54. The van der Waals surface area contributed by atoms with Gasteiger partial charge >= 0.3 is 0 Å². The predicted octanol–water partition coefficient (Wildman–Crippen LogP) is 4.56. The van der Waals surface area contributed by atoms with Gasteiger partial charge in [-0.2, -0.15) is 0 Å². The first-order valence-electron chi connectivity index (χ1n) is 12.2. The Bertz CT molecular complexity index is 1450. The number of ketones is 1. The van der Waals surface area contributed by atoms with E-state index in [0.29, 0.717) is 5.56 Å². The summed E-state index contributed by atoms with van der Waals surface area (Å²) in [7, 11) is -3.14. The Morgan fingerprint density at radius 3 is 2.24 bits per heavy atom. The number of carbonyl (C=O) groups is 2. The maximum absolute atomic E-state index is 15.4. The molecule has 0 aliphatic carbocycles. The van der Waals surface area contributed by atoms with Crippen molar-refractivity contribution < 1.29 is 35.6 Å². The minimum absolute atomic E-state index is 0.0332. The lowest BCUT2D eigenvalue weighted by Gasteiger charge is -2.39. The number of benzene rings is 1. The van der Waals surface area contributed by atoms with E-state index in [1.54, 1.807) is 20.8 Å². The van der Waals surface area contributed by atoms with Crippen molar-refractivity contribution in [1.82, 2.24) is 4.98 Å². The van der Waals surface area contributed by atoms with Crippen LogP contribution in [0.15, 0.2) is 24.4 Å². The van der Waals surface area contributed by atoms with Gasteiger partial charge < -0.3 is 4.90 Å². The highest BCUT2D eigenvalue weighted by Gasteiger charge is 2.48. The molecule has 204 valence electrons. The first-order valence-corrected chi connectivity index (χ1v) is 14.0. The number of hydrogen-bond acceptors (Lipinski definition) is 6. The highest BCUT2D eigenvalue weighted by atomic mass is 32.2. The SMILES string of the molecule is CC1(CC(=O)c2cc3c(cc2F)N(c2cc(N4CC(F)(F)C4)ncc2F)C(=O)C3(C)C)CCS(=O)(=O)CC1. The van der Waals surface area contributed by atoms with Crippen LogP contribution < -0.4 is 9.80 Å². The van der Waals surface area contributed by atoms with E-state index in [-0.39, 0.29) is 53.5 Å². The lowest BCUT2D eigenvalue weighted by atomic mass is 9.78. The fourth-order valence-corrected chi connectivity index (χ4v) is 7.14. The lowest BCUT2D eigenvalue weighted by molar-refractivity contribution is -0.121. The summed E-state index contributed by atoms with van der Waals surface area (Å²) >= 11 is 0. The van der Waals surface area contributed by atoms with Gasteiger partial charge in [-0.1, -0.05) is 6.92 Å². The number of carbonyl (C=O) groups excluding carboxylic acids is 2. The number of anilines is 3. The highest BCUT2D eigenvalue weighted by molar-refractivity contribution is 7.91. The van der Waals surface area contributed by atoms with Crippen LogP contribution in [-0.2, 0) is 20.0 Å². The van der Waals surface area contributed by atoms with E-state index in [1.165, 1.54) is 17.0 Å². The Morgan fingerprint density at radius 1 is 1.00 bits per heavy atom. The van der Waals surface area contributed by atoms with Crippen LogP contribution in [0.5, 0.6) is 0 Å². The molecule has 1 aromatic heterocycles. The molecule has 2 aromatic rings. The first kappa shape index (κ1) is 26.6. The third-order valence-electron chi connectivity index (χ3n) is 7.89. The Kier molecular flexibility index (Phi) is 5.94. The number of alkyl halides is 2. The van der Waals surface area contributed by atoms with Crippen molar-refractivity contribution in [2.24, 2.45) is 5.41 Å². The monoisotopic (exact) mass is 553 g/mol. The molecule has 3 aliphatic heterocycles. The van der Waals surface area contributed by atoms with Crippen LogP contribution >= 0.6 is 0 Å². The molecule has 5 rings (SSSR count).